The lowest BCUT2D eigenvalue weighted by molar-refractivity contribution is 0.0665. The van der Waals surface area contributed by atoms with Gasteiger partial charge >= 0.3 is 0 Å². The van der Waals surface area contributed by atoms with Crippen LogP contribution in [-0.2, 0) is 0 Å². The van der Waals surface area contributed by atoms with Gasteiger partial charge in [0.1, 0.15) is 17.8 Å². The van der Waals surface area contributed by atoms with Crippen molar-refractivity contribution in [1.82, 2.24) is 24.5 Å². The summed E-state index contributed by atoms with van der Waals surface area (Å²) in [4.78, 5) is 22.6. The minimum atomic E-state index is -2.73. The van der Waals surface area contributed by atoms with E-state index in [0.717, 1.165) is 12.8 Å². The van der Waals surface area contributed by atoms with E-state index in [2.05, 4.69) is 15.1 Å². The Morgan fingerprint density at radius 1 is 1.19 bits per heavy atom. The molecule has 1 amide bonds. The van der Waals surface area contributed by atoms with Crippen molar-refractivity contribution in [2.75, 3.05) is 13.1 Å². The second-order valence-electron chi connectivity index (χ2n) is 8.51. The summed E-state index contributed by atoms with van der Waals surface area (Å²) in [7, 11) is 0. The van der Waals surface area contributed by atoms with E-state index < -0.39 is 6.43 Å². The van der Waals surface area contributed by atoms with E-state index in [4.69, 9.17) is 0 Å². The third-order valence-electron chi connectivity index (χ3n) is 6.41. The molecular formula is C22H22F3N5O. The van der Waals surface area contributed by atoms with E-state index >= 15 is 0 Å². The van der Waals surface area contributed by atoms with Gasteiger partial charge in [0.15, 0.2) is 0 Å². The molecule has 2 aromatic heterocycles. The highest BCUT2D eigenvalue weighted by Gasteiger charge is 2.34. The van der Waals surface area contributed by atoms with Crippen LogP contribution in [0.15, 0.2) is 30.6 Å². The maximum atomic E-state index is 14.5. The lowest BCUT2D eigenvalue weighted by atomic mass is 9.84. The first-order valence-corrected chi connectivity index (χ1v) is 10.5. The van der Waals surface area contributed by atoms with E-state index in [1.807, 2.05) is 6.92 Å². The molecule has 5 rings (SSSR count). The summed E-state index contributed by atoms with van der Waals surface area (Å²) in [5.41, 5.74) is 1.18. The smallest absolute Gasteiger partial charge is 0.280 e. The van der Waals surface area contributed by atoms with Crippen LogP contribution in [0, 0.1) is 11.7 Å². The number of amides is 1. The normalized spacial score (nSPS) is 21.8. The van der Waals surface area contributed by atoms with Crippen LogP contribution >= 0.6 is 0 Å². The molecule has 1 aliphatic carbocycles. The number of carbonyl (C=O) groups excluding carboxylic acids is 1. The van der Waals surface area contributed by atoms with Crippen molar-refractivity contribution in [2.24, 2.45) is 5.92 Å². The van der Waals surface area contributed by atoms with Gasteiger partial charge in [0.25, 0.3) is 18.1 Å². The van der Waals surface area contributed by atoms with Crippen LogP contribution in [0.1, 0.15) is 71.8 Å². The summed E-state index contributed by atoms with van der Waals surface area (Å²) in [5.74, 6) is -0.297. The Hall–Kier alpha value is -2.97. The molecule has 2 fully saturated rings. The first kappa shape index (κ1) is 20.0. The number of fused-ring (bicyclic) bond motifs is 1. The van der Waals surface area contributed by atoms with E-state index in [9.17, 15) is 18.0 Å². The van der Waals surface area contributed by atoms with E-state index in [1.165, 1.54) is 23.0 Å². The average molecular weight is 429 g/mol. The molecule has 1 saturated heterocycles. The summed E-state index contributed by atoms with van der Waals surface area (Å²) in [6, 6.07) is 6.07. The zero-order valence-corrected chi connectivity index (χ0v) is 17.0. The molecule has 1 saturated carbocycles. The molecule has 0 radical (unpaired) electrons. The third-order valence-corrected chi connectivity index (χ3v) is 6.41. The minimum absolute atomic E-state index is 0.112. The van der Waals surface area contributed by atoms with Gasteiger partial charge in [-0.3, -0.25) is 4.79 Å². The maximum Gasteiger partial charge on any atom is 0.280 e. The summed E-state index contributed by atoms with van der Waals surface area (Å²) in [6.07, 6.45) is 1.21. The average Bonchev–Trinajstić information content (AvgIpc) is 3.48. The Morgan fingerprint density at radius 2 is 2.00 bits per heavy atom. The number of benzene rings is 1. The zero-order valence-electron chi connectivity index (χ0n) is 17.0. The number of hydrogen-bond acceptors (Lipinski definition) is 4. The SMILES string of the molecule is C[C@@H]1CCN(C(=O)c2ccc(C3CC3)c(F)c2)C[C@H]1c1cc(C(F)F)nc2ncnn12. The number of halogens is 3. The van der Waals surface area contributed by atoms with Gasteiger partial charge < -0.3 is 4.90 Å². The largest absolute Gasteiger partial charge is 0.338 e. The Labute approximate surface area is 177 Å². The summed E-state index contributed by atoms with van der Waals surface area (Å²) in [5, 5.41) is 4.15. The van der Waals surface area contributed by atoms with Crippen molar-refractivity contribution in [3.05, 3.63) is 58.9 Å². The fraction of sp³-hybridized carbons (Fsp3) is 0.455. The van der Waals surface area contributed by atoms with Gasteiger partial charge in [-0.15, -0.1) is 0 Å². The quantitative estimate of drug-likeness (QED) is 0.619. The number of alkyl halides is 2. The van der Waals surface area contributed by atoms with Crippen molar-refractivity contribution in [1.29, 1.82) is 0 Å². The number of rotatable bonds is 4. The van der Waals surface area contributed by atoms with Crippen LogP contribution in [-0.4, -0.2) is 43.5 Å². The Kier molecular flexibility index (Phi) is 4.91. The van der Waals surface area contributed by atoms with Gasteiger partial charge in [0.05, 0.1) is 5.69 Å². The number of hydrogen-bond donors (Lipinski definition) is 0. The van der Waals surface area contributed by atoms with Crippen LogP contribution < -0.4 is 0 Å². The lowest BCUT2D eigenvalue weighted by Crippen LogP contribution is -2.42. The van der Waals surface area contributed by atoms with Gasteiger partial charge in [-0.1, -0.05) is 13.0 Å². The van der Waals surface area contributed by atoms with Gasteiger partial charge in [-0.05, 0) is 54.9 Å². The molecule has 2 atom stereocenters. The van der Waals surface area contributed by atoms with Crippen molar-refractivity contribution >= 4 is 11.7 Å². The minimum Gasteiger partial charge on any atom is -0.338 e. The van der Waals surface area contributed by atoms with Crippen molar-refractivity contribution < 1.29 is 18.0 Å². The first-order chi connectivity index (χ1) is 14.9. The molecule has 2 aliphatic rings. The predicted octanol–water partition coefficient (Wildman–Crippen LogP) is 4.34. The van der Waals surface area contributed by atoms with E-state index in [0.29, 0.717) is 36.3 Å². The van der Waals surface area contributed by atoms with Crippen LogP contribution in [0.2, 0.25) is 0 Å². The van der Waals surface area contributed by atoms with Crippen LogP contribution in [0.3, 0.4) is 0 Å². The third kappa shape index (κ3) is 3.66. The summed E-state index contributed by atoms with van der Waals surface area (Å²) in [6.45, 7) is 2.88. The fourth-order valence-electron chi connectivity index (χ4n) is 4.44. The molecule has 1 aliphatic heterocycles. The van der Waals surface area contributed by atoms with Gasteiger partial charge in [0.2, 0.25) is 0 Å². The second kappa shape index (κ2) is 7.62. The van der Waals surface area contributed by atoms with Crippen LogP contribution in [0.4, 0.5) is 13.2 Å². The van der Waals surface area contributed by atoms with Crippen LogP contribution in [0.5, 0.6) is 0 Å². The first-order valence-electron chi connectivity index (χ1n) is 10.5. The fourth-order valence-corrected chi connectivity index (χ4v) is 4.44. The van der Waals surface area contributed by atoms with Gasteiger partial charge in [-0.25, -0.2) is 22.7 Å². The molecule has 6 nitrogen and oxygen atoms in total. The number of piperidine rings is 1. The summed E-state index contributed by atoms with van der Waals surface area (Å²) < 4.78 is 42.7. The highest BCUT2D eigenvalue weighted by molar-refractivity contribution is 5.94. The van der Waals surface area contributed by atoms with Crippen LogP contribution in [0.25, 0.3) is 5.78 Å². The Bertz CT molecular complexity index is 1140. The molecule has 0 unspecified atom stereocenters. The molecule has 162 valence electrons. The van der Waals surface area contributed by atoms with Gasteiger partial charge in [0, 0.05) is 24.6 Å². The molecule has 0 N–H and O–H groups in total. The number of carbonyl (C=O) groups is 1. The lowest BCUT2D eigenvalue weighted by Gasteiger charge is -2.37. The molecule has 31 heavy (non-hydrogen) atoms. The zero-order chi connectivity index (χ0) is 21.7. The Balaban J connectivity index is 1.44. The van der Waals surface area contributed by atoms with Crippen molar-refractivity contribution in [3.8, 4) is 0 Å². The number of nitrogens with zero attached hydrogens (tertiary/aromatic N) is 5. The van der Waals surface area contributed by atoms with Gasteiger partial charge in [-0.2, -0.15) is 10.1 Å². The van der Waals surface area contributed by atoms with Crippen molar-refractivity contribution in [2.45, 2.75) is 44.4 Å². The predicted molar refractivity (Wildman–Crippen MR) is 107 cm³/mol. The van der Waals surface area contributed by atoms with Crippen molar-refractivity contribution in [3.63, 3.8) is 0 Å². The second-order valence-corrected chi connectivity index (χ2v) is 8.51. The van der Waals surface area contributed by atoms with E-state index in [-0.39, 0.29) is 40.9 Å². The highest BCUT2D eigenvalue weighted by Crippen LogP contribution is 2.41. The molecule has 3 heterocycles. The monoisotopic (exact) mass is 429 g/mol. The standard InChI is InChI=1S/C22H22F3N5O/c1-12-6-7-29(21(31)14-4-5-15(13-2-3-13)17(23)8-14)10-16(12)19-9-18(20(24)25)28-22-26-11-27-30(19)22/h4-5,8-9,11-13,16,20H,2-3,6-7,10H2,1H3/t12-,16-/m1/s1. The molecule has 0 spiro atoms. The highest BCUT2D eigenvalue weighted by atomic mass is 19.3. The Morgan fingerprint density at radius 3 is 2.71 bits per heavy atom. The maximum absolute atomic E-state index is 14.5. The molecule has 3 aromatic rings. The molecule has 0 bridgehead atoms. The number of aromatic nitrogens is 4. The van der Waals surface area contributed by atoms with E-state index in [1.54, 1.807) is 17.0 Å². The molecule has 1 aromatic carbocycles. The number of likely N-dealkylation sites (tertiary alicyclic amines) is 1. The molecular weight excluding hydrogens is 407 g/mol. The topological polar surface area (TPSA) is 63.4 Å². The molecule has 9 heteroatoms. The summed E-state index contributed by atoms with van der Waals surface area (Å²) >= 11 is 0.